The van der Waals surface area contributed by atoms with Gasteiger partial charge in [0.15, 0.2) is 0 Å². The summed E-state index contributed by atoms with van der Waals surface area (Å²) in [6, 6.07) is 18.0. The maximum atomic E-state index is 12.7. The van der Waals surface area contributed by atoms with E-state index in [1.807, 2.05) is 48.5 Å². The number of benzene rings is 3. The van der Waals surface area contributed by atoms with Gasteiger partial charge in [-0.15, -0.1) is 0 Å². The van der Waals surface area contributed by atoms with Crippen LogP contribution in [0, 0.1) is 0 Å². The number of hydrogen-bond acceptors (Lipinski definition) is 4. The fourth-order valence-electron chi connectivity index (χ4n) is 4.12. The zero-order valence-corrected chi connectivity index (χ0v) is 18.5. The summed E-state index contributed by atoms with van der Waals surface area (Å²) < 4.78 is 35.2. The van der Waals surface area contributed by atoms with E-state index >= 15 is 0 Å². The molecule has 0 spiro atoms. The number of alkyl halides is 2. The fraction of sp³-hybridized carbons (Fsp3) is 0.200. The van der Waals surface area contributed by atoms with Crippen LogP contribution in [0.3, 0.4) is 0 Å². The van der Waals surface area contributed by atoms with Gasteiger partial charge >= 0.3 is 18.7 Å². The van der Waals surface area contributed by atoms with Gasteiger partial charge in [-0.25, -0.2) is 9.59 Å². The smallest absolute Gasteiger partial charge is 0.407 e. The minimum Gasteiger partial charge on any atom is -0.480 e. The van der Waals surface area contributed by atoms with E-state index in [1.165, 1.54) is 18.2 Å². The van der Waals surface area contributed by atoms with Gasteiger partial charge in [0, 0.05) is 17.4 Å². The summed E-state index contributed by atoms with van der Waals surface area (Å²) in [5, 5.41) is 12.1. The van der Waals surface area contributed by atoms with Crippen LogP contribution in [0.25, 0.3) is 11.1 Å². The van der Waals surface area contributed by atoms with Gasteiger partial charge in [0.2, 0.25) is 0 Å². The Morgan fingerprint density at radius 1 is 1.00 bits per heavy atom. The van der Waals surface area contributed by atoms with E-state index in [1.54, 1.807) is 0 Å². The maximum absolute atomic E-state index is 12.7. The van der Waals surface area contributed by atoms with Crippen LogP contribution in [-0.4, -0.2) is 36.4 Å². The molecule has 1 atom stereocenters. The Morgan fingerprint density at radius 3 is 2.21 bits per heavy atom. The van der Waals surface area contributed by atoms with Gasteiger partial charge in [-0.2, -0.15) is 8.78 Å². The lowest BCUT2D eigenvalue weighted by molar-refractivity contribution is -0.139. The molecule has 0 fully saturated rings. The van der Waals surface area contributed by atoms with Crippen molar-refractivity contribution in [2.75, 3.05) is 6.61 Å². The number of aliphatic carboxylic acids is 1. The minimum absolute atomic E-state index is 0.00308. The molecular weight excluding hydrogens is 468 g/mol. The first-order valence-electron chi connectivity index (χ1n) is 10.4. The number of carboxylic acids is 1. The van der Waals surface area contributed by atoms with Crippen molar-refractivity contribution in [1.29, 1.82) is 0 Å². The summed E-state index contributed by atoms with van der Waals surface area (Å²) in [6.45, 7) is -3.10. The molecule has 2 N–H and O–H groups in total. The Labute approximate surface area is 199 Å². The van der Waals surface area contributed by atoms with Gasteiger partial charge < -0.3 is 19.9 Å². The van der Waals surface area contributed by atoms with E-state index < -0.39 is 24.7 Å². The molecule has 3 aromatic carbocycles. The Bertz CT molecular complexity index is 1170. The zero-order chi connectivity index (χ0) is 24.2. The highest BCUT2D eigenvalue weighted by Crippen LogP contribution is 2.44. The molecule has 3 aromatic rings. The number of rotatable bonds is 8. The van der Waals surface area contributed by atoms with Crippen molar-refractivity contribution in [3.05, 3.63) is 88.4 Å². The molecule has 4 rings (SSSR count). The van der Waals surface area contributed by atoms with Crippen LogP contribution in [0.4, 0.5) is 13.6 Å². The van der Waals surface area contributed by atoms with E-state index in [2.05, 4.69) is 10.1 Å². The molecule has 0 aliphatic heterocycles. The van der Waals surface area contributed by atoms with Crippen molar-refractivity contribution in [3.8, 4) is 16.9 Å². The molecule has 0 unspecified atom stereocenters. The number of halogens is 3. The lowest BCUT2D eigenvalue weighted by Crippen LogP contribution is -2.43. The second-order valence-corrected chi connectivity index (χ2v) is 8.13. The van der Waals surface area contributed by atoms with E-state index in [9.17, 15) is 23.5 Å². The summed E-state index contributed by atoms with van der Waals surface area (Å²) in [5.41, 5.74) is 4.25. The third-order valence-corrected chi connectivity index (χ3v) is 5.83. The Kier molecular flexibility index (Phi) is 6.98. The predicted octanol–water partition coefficient (Wildman–Crippen LogP) is 5.48. The molecule has 0 radical (unpaired) electrons. The van der Waals surface area contributed by atoms with Gasteiger partial charge in [0.1, 0.15) is 18.4 Å². The van der Waals surface area contributed by atoms with Gasteiger partial charge in [-0.1, -0.05) is 60.1 Å². The van der Waals surface area contributed by atoms with Crippen LogP contribution >= 0.6 is 11.6 Å². The zero-order valence-electron chi connectivity index (χ0n) is 17.7. The Balaban J connectivity index is 1.45. The Morgan fingerprint density at radius 2 is 1.62 bits per heavy atom. The quantitative estimate of drug-likeness (QED) is 0.440. The second-order valence-electron chi connectivity index (χ2n) is 7.70. The average molecular weight is 488 g/mol. The van der Waals surface area contributed by atoms with Crippen LogP contribution < -0.4 is 10.1 Å². The van der Waals surface area contributed by atoms with Crippen LogP contribution in [0.2, 0.25) is 5.02 Å². The second kappa shape index (κ2) is 10.1. The number of carbonyl (C=O) groups is 2. The van der Waals surface area contributed by atoms with E-state index in [0.29, 0.717) is 0 Å². The largest absolute Gasteiger partial charge is 0.480 e. The number of alkyl carbamates (subject to hydrolysis) is 1. The lowest BCUT2D eigenvalue weighted by atomic mass is 9.98. The minimum atomic E-state index is -3.10. The van der Waals surface area contributed by atoms with Crippen LogP contribution in [0.1, 0.15) is 22.6 Å². The number of hydrogen-bond donors (Lipinski definition) is 2. The summed E-state index contributed by atoms with van der Waals surface area (Å²) in [7, 11) is 0. The Hall–Kier alpha value is -3.65. The summed E-state index contributed by atoms with van der Waals surface area (Å²) in [5.74, 6) is -1.78. The summed E-state index contributed by atoms with van der Waals surface area (Å²) >= 11 is 5.92. The first kappa shape index (κ1) is 23.5. The van der Waals surface area contributed by atoms with Crippen molar-refractivity contribution >= 4 is 23.7 Å². The summed E-state index contributed by atoms with van der Waals surface area (Å²) in [4.78, 5) is 24.2. The lowest BCUT2D eigenvalue weighted by Gasteiger charge is -2.19. The van der Waals surface area contributed by atoms with Gasteiger partial charge in [-0.05, 0) is 46.0 Å². The van der Waals surface area contributed by atoms with Gasteiger partial charge in [-0.3, -0.25) is 0 Å². The fourth-order valence-corrected chi connectivity index (χ4v) is 4.32. The van der Waals surface area contributed by atoms with Gasteiger partial charge in [0.25, 0.3) is 0 Å². The number of ether oxygens (including phenoxy) is 2. The number of nitrogens with one attached hydrogen (secondary N) is 1. The third kappa shape index (κ3) is 5.12. The van der Waals surface area contributed by atoms with Crippen LogP contribution in [0.5, 0.6) is 5.75 Å². The molecule has 1 aliphatic carbocycles. The predicted molar refractivity (Wildman–Crippen MR) is 121 cm³/mol. The van der Waals surface area contributed by atoms with Crippen molar-refractivity contribution in [1.82, 2.24) is 5.32 Å². The standard InChI is InChI=1S/C25H20ClF2NO5/c26-15-9-10-22(34-24(27)28)14(11-15)12-21(23(30)31)29-25(32)33-13-20-18-7-3-1-5-16(18)17-6-2-4-8-19(17)20/h1-11,20-21,24H,12-13H2,(H,29,32)(H,30,31)/t21-/m0/s1. The number of fused-ring (bicyclic) bond motifs is 3. The van der Waals surface area contributed by atoms with Crippen LogP contribution in [0.15, 0.2) is 66.7 Å². The summed E-state index contributed by atoms with van der Waals surface area (Å²) in [6.07, 6.45) is -1.27. The monoisotopic (exact) mass is 487 g/mol. The normalized spacial score (nSPS) is 13.2. The maximum Gasteiger partial charge on any atom is 0.407 e. The highest BCUT2D eigenvalue weighted by molar-refractivity contribution is 6.30. The molecule has 0 saturated heterocycles. The average Bonchev–Trinajstić information content (AvgIpc) is 3.12. The molecule has 9 heteroatoms. The van der Waals surface area contributed by atoms with E-state index in [4.69, 9.17) is 16.3 Å². The first-order chi connectivity index (χ1) is 16.3. The molecule has 0 aromatic heterocycles. The molecule has 1 amide bonds. The molecular formula is C25H20ClF2NO5. The highest BCUT2D eigenvalue weighted by atomic mass is 35.5. The molecule has 0 bridgehead atoms. The van der Waals surface area contributed by atoms with Crippen LogP contribution in [-0.2, 0) is 16.0 Å². The van der Waals surface area contributed by atoms with E-state index in [0.717, 1.165) is 22.3 Å². The van der Waals surface area contributed by atoms with E-state index in [-0.39, 0.29) is 35.3 Å². The third-order valence-electron chi connectivity index (χ3n) is 5.60. The first-order valence-corrected chi connectivity index (χ1v) is 10.8. The van der Waals surface area contributed by atoms with Crippen molar-refractivity contribution in [2.45, 2.75) is 25.0 Å². The highest BCUT2D eigenvalue weighted by Gasteiger charge is 2.30. The molecule has 0 heterocycles. The topological polar surface area (TPSA) is 84.9 Å². The number of amides is 1. The van der Waals surface area contributed by atoms with Gasteiger partial charge in [0.05, 0.1) is 0 Å². The van der Waals surface area contributed by atoms with Crippen molar-refractivity contribution < 1.29 is 33.0 Å². The molecule has 34 heavy (non-hydrogen) atoms. The number of carbonyl (C=O) groups excluding carboxylic acids is 1. The molecule has 6 nitrogen and oxygen atoms in total. The molecule has 0 saturated carbocycles. The SMILES string of the molecule is O=C(N[C@@H](Cc1cc(Cl)ccc1OC(F)F)C(=O)O)OCC1c2ccccc2-c2ccccc21. The molecule has 1 aliphatic rings. The number of carboxylic acid groups (broad SMARTS) is 1. The molecule has 176 valence electrons. The van der Waals surface area contributed by atoms with Crippen molar-refractivity contribution in [3.63, 3.8) is 0 Å². The van der Waals surface area contributed by atoms with Crippen molar-refractivity contribution in [2.24, 2.45) is 0 Å².